The van der Waals surface area contributed by atoms with E-state index in [9.17, 15) is 14.4 Å². The third kappa shape index (κ3) is 4.39. The van der Waals surface area contributed by atoms with E-state index < -0.39 is 0 Å². The number of imide groups is 1. The molecular formula is C23H19N5O3S2. The summed E-state index contributed by atoms with van der Waals surface area (Å²) in [5, 5.41) is 9.85. The van der Waals surface area contributed by atoms with Crippen LogP contribution in [0.1, 0.15) is 26.5 Å². The number of fused-ring (bicyclic) bond motifs is 1. The highest BCUT2D eigenvalue weighted by Gasteiger charge is 2.29. The molecule has 1 aliphatic heterocycles. The Balaban J connectivity index is 1.34. The summed E-state index contributed by atoms with van der Waals surface area (Å²) in [4.78, 5) is 43.7. The fourth-order valence-electron chi connectivity index (χ4n) is 3.63. The van der Waals surface area contributed by atoms with Crippen LogP contribution in [0.15, 0.2) is 54.0 Å². The number of hydrogen-bond donors (Lipinski definition) is 1. The van der Waals surface area contributed by atoms with Gasteiger partial charge in [-0.05, 0) is 42.1 Å². The number of thiophene rings is 1. The predicted molar refractivity (Wildman–Crippen MR) is 128 cm³/mol. The normalized spacial score (nSPS) is 13.8. The van der Waals surface area contributed by atoms with Crippen LogP contribution < -0.4 is 5.32 Å². The van der Waals surface area contributed by atoms with Crippen LogP contribution in [0.4, 0.5) is 10.5 Å². The molecular weight excluding hydrogens is 458 g/mol. The van der Waals surface area contributed by atoms with Crippen molar-refractivity contribution >= 4 is 56.9 Å². The van der Waals surface area contributed by atoms with Gasteiger partial charge in [-0.25, -0.2) is 9.67 Å². The molecule has 1 N–H and O–H groups in total. The Kier molecular flexibility index (Phi) is 5.69. The quantitative estimate of drug-likeness (QED) is 0.445. The summed E-state index contributed by atoms with van der Waals surface area (Å²) in [6, 6.07) is 12.9. The molecule has 5 rings (SSSR count). The van der Waals surface area contributed by atoms with Crippen LogP contribution in [0, 0.1) is 6.92 Å². The van der Waals surface area contributed by atoms with E-state index in [4.69, 9.17) is 0 Å². The molecule has 4 aromatic rings. The molecule has 3 amide bonds. The zero-order valence-electron chi connectivity index (χ0n) is 17.6. The number of amides is 3. The molecule has 0 unspecified atom stereocenters. The highest BCUT2D eigenvalue weighted by molar-refractivity contribution is 8.14. The molecule has 10 heteroatoms. The Morgan fingerprint density at radius 2 is 1.97 bits per heavy atom. The third-order valence-electron chi connectivity index (χ3n) is 5.26. The molecule has 1 aromatic carbocycles. The van der Waals surface area contributed by atoms with E-state index in [1.165, 1.54) is 4.90 Å². The molecule has 1 aliphatic rings. The van der Waals surface area contributed by atoms with Crippen LogP contribution in [0.3, 0.4) is 0 Å². The average molecular weight is 478 g/mol. The second-order valence-electron chi connectivity index (χ2n) is 7.62. The highest BCUT2D eigenvalue weighted by atomic mass is 32.2. The summed E-state index contributed by atoms with van der Waals surface area (Å²) in [6.45, 7) is 2.68. The van der Waals surface area contributed by atoms with Crippen molar-refractivity contribution < 1.29 is 14.4 Å². The van der Waals surface area contributed by atoms with Crippen molar-refractivity contribution in [2.45, 2.75) is 20.0 Å². The maximum atomic E-state index is 13.1. The topological polar surface area (TPSA) is 97.2 Å². The van der Waals surface area contributed by atoms with E-state index in [1.54, 1.807) is 52.5 Å². The van der Waals surface area contributed by atoms with Gasteiger partial charge in [-0.2, -0.15) is 5.10 Å². The SMILES string of the molecule is Cc1cc(C(=O)Nc2ccc(CN3C(=O)CSC3=O)cc2)c2cnn(Cc3cccs3)c2n1. The monoisotopic (exact) mass is 477 g/mol. The number of aromatic nitrogens is 3. The second kappa shape index (κ2) is 8.80. The third-order valence-corrected chi connectivity index (χ3v) is 6.98. The van der Waals surface area contributed by atoms with Crippen molar-refractivity contribution in [3.63, 3.8) is 0 Å². The summed E-state index contributed by atoms with van der Waals surface area (Å²) in [7, 11) is 0. The molecule has 4 heterocycles. The Bertz CT molecular complexity index is 1350. The van der Waals surface area contributed by atoms with Gasteiger partial charge < -0.3 is 5.32 Å². The number of anilines is 1. The van der Waals surface area contributed by atoms with Gasteiger partial charge in [0.05, 0.1) is 36.0 Å². The lowest BCUT2D eigenvalue weighted by Crippen LogP contribution is -2.27. The molecule has 0 spiro atoms. The summed E-state index contributed by atoms with van der Waals surface area (Å²) >= 11 is 2.66. The van der Waals surface area contributed by atoms with Gasteiger partial charge in [0.1, 0.15) is 0 Å². The van der Waals surface area contributed by atoms with Gasteiger partial charge in [0, 0.05) is 16.3 Å². The Morgan fingerprint density at radius 3 is 2.67 bits per heavy atom. The van der Waals surface area contributed by atoms with Crippen molar-refractivity contribution in [1.82, 2.24) is 19.7 Å². The fourth-order valence-corrected chi connectivity index (χ4v) is 5.05. The van der Waals surface area contributed by atoms with Gasteiger partial charge in [0.2, 0.25) is 5.91 Å². The van der Waals surface area contributed by atoms with E-state index in [2.05, 4.69) is 15.4 Å². The smallest absolute Gasteiger partial charge is 0.289 e. The van der Waals surface area contributed by atoms with E-state index in [1.807, 2.05) is 24.4 Å². The van der Waals surface area contributed by atoms with E-state index in [0.717, 1.165) is 27.9 Å². The molecule has 1 fully saturated rings. The van der Waals surface area contributed by atoms with Crippen molar-refractivity contribution in [2.75, 3.05) is 11.1 Å². The van der Waals surface area contributed by atoms with Crippen molar-refractivity contribution in [1.29, 1.82) is 0 Å². The summed E-state index contributed by atoms with van der Waals surface area (Å²) in [5.41, 5.74) is 3.33. The Hall–Kier alpha value is -3.50. The van der Waals surface area contributed by atoms with Gasteiger partial charge in [0.15, 0.2) is 5.65 Å². The Labute approximate surface area is 197 Å². The molecule has 0 bridgehead atoms. The van der Waals surface area contributed by atoms with Crippen molar-refractivity contribution in [3.05, 3.63) is 75.7 Å². The second-order valence-corrected chi connectivity index (χ2v) is 9.57. The van der Waals surface area contributed by atoms with Gasteiger partial charge in [0.25, 0.3) is 11.1 Å². The molecule has 0 radical (unpaired) electrons. The molecule has 0 aliphatic carbocycles. The molecule has 33 heavy (non-hydrogen) atoms. The van der Waals surface area contributed by atoms with Crippen LogP contribution in [0.2, 0.25) is 0 Å². The minimum atomic E-state index is -0.254. The lowest BCUT2D eigenvalue weighted by molar-refractivity contribution is -0.125. The number of aryl methyl sites for hydroxylation is 1. The molecule has 0 saturated carbocycles. The minimum Gasteiger partial charge on any atom is -0.322 e. The van der Waals surface area contributed by atoms with Crippen LogP contribution >= 0.6 is 23.1 Å². The van der Waals surface area contributed by atoms with Gasteiger partial charge in [-0.3, -0.25) is 19.3 Å². The molecule has 8 nitrogen and oxygen atoms in total. The number of carbonyl (C=O) groups excluding carboxylic acids is 3. The molecule has 0 atom stereocenters. The average Bonchev–Trinajstić information content (AvgIpc) is 3.53. The first-order valence-electron chi connectivity index (χ1n) is 10.2. The van der Waals surface area contributed by atoms with Crippen LogP contribution in [0.25, 0.3) is 11.0 Å². The lowest BCUT2D eigenvalue weighted by Gasteiger charge is -2.13. The van der Waals surface area contributed by atoms with Gasteiger partial charge in [-0.1, -0.05) is 30.0 Å². The van der Waals surface area contributed by atoms with Crippen LogP contribution in [-0.4, -0.2) is 42.5 Å². The summed E-state index contributed by atoms with van der Waals surface area (Å²) in [5.74, 6) is -0.245. The first kappa shape index (κ1) is 21.4. The fraction of sp³-hybridized carbons (Fsp3) is 0.174. The van der Waals surface area contributed by atoms with Gasteiger partial charge in [-0.15, -0.1) is 11.3 Å². The van der Waals surface area contributed by atoms with E-state index in [-0.39, 0.29) is 29.4 Å². The minimum absolute atomic E-state index is 0.181. The summed E-state index contributed by atoms with van der Waals surface area (Å²) in [6.07, 6.45) is 1.68. The molecule has 166 valence electrons. The van der Waals surface area contributed by atoms with Crippen molar-refractivity contribution in [3.8, 4) is 0 Å². The number of carbonyl (C=O) groups is 3. The molecule has 3 aromatic heterocycles. The van der Waals surface area contributed by atoms with E-state index >= 15 is 0 Å². The number of benzene rings is 1. The zero-order valence-corrected chi connectivity index (χ0v) is 19.3. The van der Waals surface area contributed by atoms with Gasteiger partial charge >= 0.3 is 0 Å². The van der Waals surface area contributed by atoms with Crippen molar-refractivity contribution in [2.24, 2.45) is 0 Å². The molecule has 1 saturated heterocycles. The number of nitrogens with zero attached hydrogens (tertiary/aromatic N) is 4. The highest BCUT2D eigenvalue weighted by Crippen LogP contribution is 2.24. The Morgan fingerprint density at radius 1 is 1.15 bits per heavy atom. The summed E-state index contributed by atoms with van der Waals surface area (Å²) < 4.78 is 1.80. The zero-order chi connectivity index (χ0) is 22.9. The number of nitrogens with one attached hydrogen (secondary N) is 1. The number of thioether (sulfide) groups is 1. The maximum Gasteiger partial charge on any atom is 0.289 e. The van der Waals surface area contributed by atoms with E-state index in [0.29, 0.717) is 28.8 Å². The van der Waals surface area contributed by atoms with Crippen LogP contribution in [-0.2, 0) is 17.9 Å². The maximum absolute atomic E-state index is 13.1. The number of rotatable bonds is 6. The number of hydrogen-bond acceptors (Lipinski definition) is 7. The lowest BCUT2D eigenvalue weighted by atomic mass is 10.1. The predicted octanol–water partition coefficient (Wildman–Crippen LogP) is 4.30. The van der Waals surface area contributed by atoms with Crippen LogP contribution in [0.5, 0.6) is 0 Å². The standard InChI is InChI=1S/C23H19N5O3S2/c1-14-9-18(19-10-24-28(21(19)25-14)12-17-3-2-8-32-17)22(30)26-16-6-4-15(5-7-16)11-27-20(29)13-33-23(27)31/h2-10H,11-13H2,1H3,(H,26,30). The first-order valence-corrected chi connectivity index (χ1v) is 12.1. The largest absolute Gasteiger partial charge is 0.322 e. The first-order chi connectivity index (χ1) is 16.0. The number of pyridine rings is 1.